The third kappa shape index (κ3) is 6.00. The molecule has 1 aliphatic heterocycles. The molecule has 1 aliphatic rings. The molecule has 0 aliphatic carbocycles. The number of carboxylic acid groups (broad SMARTS) is 1. The van der Waals surface area contributed by atoms with Crippen molar-refractivity contribution < 1.29 is 14.7 Å². The van der Waals surface area contributed by atoms with Crippen LogP contribution >= 0.6 is 11.6 Å². The molecule has 0 radical (unpaired) electrons. The van der Waals surface area contributed by atoms with Crippen molar-refractivity contribution in [3.63, 3.8) is 0 Å². The van der Waals surface area contributed by atoms with Gasteiger partial charge < -0.3 is 20.6 Å². The number of carbonyl (C=O) groups is 2. The van der Waals surface area contributed by atoms with E-state index in [-0.39, 0.29) is 11.3 Å². The minimum atomic E-state index is -1.07. The Morgan fingerprint density at radius 3 is 2.71 bits per heavy atom. The Bertz CT molecular complexity index is 973. The Morgan fingerprint density at radius 1 is 1.35 bits per heavy atom. The van der Waals surface area contributed by atoms with Crippen molar-refractivity contribution >= 4 is 40.3 Å². The number of aromatic nitrogens is 1. The first-order valence-electron chi connectivity index (χ1n) is 10.6. The number of likely N-dealkylation sites (tertiary alicyclic amines) is 1. The molecule has 2 atom stereocenters. The quantitative estimate of drug-likeness (QED) is 0.585. The summed E-state index contributed by atoms with van der Waals surface area (Å²) in [4.78, 5) is 29.8. The van der Waals surface area contributed by atoms with E-state index in [4.69, 9.17) is 16.6 Å². The number of amides is 2. The van der Waals surface area contributed by atoms with E-state index in [2.05, 4.69) is 31.4 Å². The van der Waals surface area contributed by atoms with Crippen LogP contribution < -0.4 is 10.6 Å². The lowest BCUT2D eigenvalue weighted by Gasteiger charge is -2.28. The highest BCUT2D eigenvalue weighted by atomic mass is 35.5. The fraction of sp³-hybridized carbons (Fsp3) is 0.522. The van der Waals surface area contributed by atoms with Crippen molar-refractivity contribution in [1.82, 2.24) is 15.2 Å². The van der Waals surface area contributed by atoms with E-state index in [9.17, 15) is 14.7 Å². The average molecular weight is 447 g/mol. The van der Waals surface area contributed by atoms with Gasteiger partial charge >= 0.3 is 6.09 Å². The van der Waals surface area contributed by atoms with Gasteiger partial charge in [0.25, 0.3) is 0 Å². The van der Waals surface area contributed by atoms with Gasteiger partial charge in [-0.05, 0) is 36.3 Å². The summed E-state index contributed by atoms with van der Waals surface area (Å²) in [5, 5.41) is 17.0. The van der Waals surface area contributed by atoms with E-state index in [0.29, 0.717) is 41.8 Å². The summed E-state index contributed by atoms with van der Waals surface area (Å²) >= 11 is 6.39. The second-order valence-electron chi connectivity index (χ2n) is 9.51. The van der Waals surface area contributed by atoms with Crippen molar-refractivity contribution in [1.29, 1.82) is 0 Å². The van der Waals surface area contributed by atoms with Gasteiger partial charge in [-0.15, -0.1) is 0 Å². The molecule has 7 nitrogen and oxygen atoms in total. The van der Waals surface area contributed by atoms with Gasteiger partial charge in [0.05, 0.1) is 16.6 Å². The zero-order valence-electron chi connectivity index (χ0n) is 18.5. The lowest BCUT2D eigenvalue weighted by molar-refractivity contribution is -0.127. The zero-order chi connectivity index (χ0) is 22.8. The minimum Gasteiger partial charge on any atom is -0.465 e. The molecule has 2 heterocycles. The molecule has 2 aromatic rings. The highest BCUT2D eigenvalue weighted by molar-refractivity contribution is 6.35. The lowest BCUT2D eigenvalue weighted by Crippen LogP contribution is -2.31. The predicted octanol–water partition coefficient (Wildman–Crippen LogP) is 4.91. The first-order valence-corrected chi connectivity index (χ1v) is 11.0. The maximum absolute atomic E-state index is 11.6. The number of para-hydroxylation sites is 1. The third-order valence-electron chi connectivity index (χ3n) is 5.61. The van der Waals surface area contributed by atoms with Crippen LogP contribution in [0.1, 0.15) is 52.1 Å². The number of pyridine rings is 1. The third-order valence-corrected chi connectivity index (χ3v) is 5.91. The van der Waals surface area contributed by atoms with Crippen LogP contribution in [0.2, 0.25) is 5.02 Å². The van der Waals surface area contributed by atoms with Crippen LogP contribution in [0.15, 0.2) is 24.3 Å². The molecule has 1 fully saturated rings. The SMILES string of the molecule is CC(=O)N1CCC(CNc2nc3c(Cl)cccc3cc2C(CC(C)(C)C)NC(=O)O)C1. The molecule has 3 rings (SSSR count). The van der Waals surface area contributed by atoms with Crippen molar-refractivity contribution in [2.24, 2.45) is 11.3 Å². The fourth-order valence-electron chi connectivity index (χ4n) is 4.11. The second-order valence-corrected chi connectivity index (χ2v) is 9.91. The van der Waals surface area contributed by atoms with E-state index in [1.165, 1.54) is 0 Å². The number of fused-ring (bicyclic) bond motifs is 1. The summed E-state index contributed by atoms with van der Waals surface area (Å²) in [7, 11) is 0. The van der Waals surface area contributed by atoms with Gasteiger partial charge in [-0.3, -0.25) is 4.79 Å². The second kappa shape index (κ2) is 9.30. The molecular formula is C23H31ClN4O3. The summed E-state index contributed by atoms with van der Waals surface area (Å²) in [6.07, 6.45) is 0.470. The Hall–Kier alpha value is -2.54. The van der Waals surface area contributed by atoms with Crippen molar-refractivity contribution in [3.05, 3.63) is 34.9 Å². The Labute approximate surface area is 188 Å². The highest BCUT2D eigenvalue weighted by Gasteiger charge is 2.27. The standard InChI is InChI=1S/C23H31ClN4O3/c1-14(29)28-9-8-15(13-28)12-25-21-17(19(26-22(30)31)11-23(2,3)4)10-16-6-5-7-18(24)20(16)27-21/h5-7,10,15,19,26H,8-9,11-13H2,1-4H3,(H,25,27)(H,30,31). The van der Waals surface area contributed by atoms with Crippen LogP contribution in [0.4, 0.5) is 10.6 Å². The molecule has 8 heteroatoms. The van der Waals surface area contributed by atoms with Crippen LogP contribution in [0.5, 0.6) is 0 Å². The number of rotatable bonds is 6. The Balaban J connectivity index is 1.95. The number of carbonyl (C=O) groups excluding carboxylic acids is 1. The van der Waals surface area contributed by atoms with Crippen LogP contribution in [-0.2, 0) is 4.79 Å². The van der Waals surface area contributed by atoms with Gasteiger partial charge in [0.1, 0.15) is 5.82 Å². The Morgan fingerprint density at radius 2 is 2.10 bits per heavy atom. The van der Waals surface area contributed by atoms with Crippen molar-refractivity contribution in [3.8, 4) is 0 Å². The molecule has 1 aromatic heterocycles. The highest BCUT2D eigenvalue weighted by Crippen LogP contribution is 2.35. The first kappa shape index (κ1) is 23.1. The van der Waals surface area contributed by atoms with Gasteiger partial charge in [-0.1, -0.05) is 44.5 Å². The topological polar surface area (TPSA) is 94.6 Å². The van der Waals surface area contributed by atoms with Crippen molar-refractivity contribution in [2.45, 2.75) is 46.6 Å². The number of nitrogens with one attached hydrogen (secondary N) is 2. The van der Waals surface area contributed by atoms with Gasteiger partial charge in [0.15, 0.2) is 0 Å². The smallest absolute Gasteiger partial charge is 0.405 e. The maximum atomic E-state index is 11.6. The zero-order valence-corrected chi connectivity index (χ0v) is 19.3. The maximum Gasteiger partial charge on any atom is 0.405 e. The number of halogens is 1. The van der Waals surface area contributed by atoms with Gasteiger partial charge in [-0.25, -0.2) is 9.78 Å². The summed E-state index contributed by atoms with van der Waals surface area (Å²) in [6, 6.07) is 7.14. The lowest BCUT2D eigenvalue weighted by atomic mass is 9.85. The summed E-state index contributed by atoms with van der Waals surface area (Å²) in [5.74, 6) is 1.04. The van der Waals surface area contributed by atoms with Gasteiger partial charge in [-0.2, -0.15) is 0 Å². The summed E-state index contributed by atoms with van der Waals surface area (Å²) in [5.41, 5.74) is 1.38. The van der Waals surface area contributed by atoms with Crippen LogP contribution in [-0.4, -0.2) is 46.6 Å². The van der Waals surface area contributed by atoms with E-state index >= 15 is 0 Å². The largest absolute Gasteiger partial charge is 0.465 e. The first-order chi connectivity index (χ1) is 14.5. The van der Waals surface area contributed by atoms with Crippen LogP contribution in [0.25, 0.3) is 10.9 Å². The van der Waals surface area contributed by atoms with Crippen LogP contribution in [0.3, 0.4) is 0 Å². The fourth-order valence-corrected chi connectivity index (χ4v) is 4.34. The molecular weight excluding hydrogens is 416 g/mol. The van der Waals surface area contributed by atoms with E-state index in [1.54, 1.807) is 13.0 Å². The molecule has 1 saturated heterocycles. The number of benzene rings is 1. The molecule has 3 N–H and O–H groups in total. The summed E-state index contributed by atoms with van der Waals surface area (Å²) < 4.78 is 0. The molecule has 2 amide bonds. The van der Waals surface area contributed by atoms with Gasteiger partial charge in [0.2, 0.25) is 5.91 Å². The molecule has 0 saturated carbocycles. The van der Waals surface area contributed by atoms with Crippen molar-refractivity contribution in [2.75, 3.05) is 25.0 Å². The molecule has 2 unspecified atom stereocenters. The molecule has 31 heavy (non-hydrogen) atoms. The number of hydrogen-bond donors (Lipinski definition) is 3. The minimum absolute atomic E-state index is 0.0923. The van der Waals surface area contributed by atoms with E-state index in [1.807, 2.05) is 23.1 Å². The molecule has 0 spiro atoms. The van der Waals surface area contributed by atoms with E-state index < -0.39 is 12.1 Å². The monoisotopic (exact) mass is 446 g/mol. The molecule has 168 valence electrons. The van der Waals surface area contributed by atoms with Gasteiger partial charge in [0, 0.05) is 37.5 Å². The predicted molar refractivity (Wildman–Crippen MR) is 124 cm³/mol. The normalized spacial score (nSPS) is 17.6. The van der Waals surface area contributed by atoms with Crippen LogP contribution in [0, 0.1) is 11.3 Å². The molecule has 0 bridgehead atoms. The summed E-state index contributed by atoms with van der Waals surface area (Å²) in [6.45, 7) is 9.96. The average Bonchev–Trinajstić information content (AvgIpc) is 3.13. The van der Waals surface area contributed by atoms with E-state index in [0.717, 1.165) is 23.9 Å². The number of hydrogen-bond acceptors (Lipinski definition) is 4. The molecule has 1 aromatic carbocycles. The number of anilines is 1. The number of nitrogens with zero attached hydrogens (tertiary/aromatic N) is 2. The Kier molecular flexibility index (Phi) is 6.94.